The molecule has 0 spiro atoms. The number of rotatable bonds is 9. The number of para-hydroxylation sites is 1. The number of benzene rings is 3. The van der Waals surface area contributed by atoms with Crippen molar-refractivity contribution in [2.24, 2.45) is 5.92 Å². The van der Waals surface area contributed by atoms with Crippen molar-refractivity contribution in [3.05, 3.63) is 113 Å². The Kier molecular flexibility index (Phi) is 9.20. The molecule has 1 aliphatic heterocycles. The molecular weight excluding hydrogens is 619 g/mol. The van der Waals surface area contributed by atoms with Gasteiger partial charge in [-0.25, -0.2) is 9.07 Å². The van der Waals surface area contributed by atoms with Gasteiger partial charge in [0.05, 0.1) is 29.4 Å². The van der Waals surface area contributed by atoms with Crippen LogP contribution in [0.4, 0.5) is 36.6 Å². The molecule has 4 aromatic rings. The lowest BCUT2D eigenvalue weighted by molar-refractivity contribution is -0.137. The van der Waals surface area contributed by atoms with Crippen molar-refractivity contribution in [3.8, 4) is 5.69 Å². The topological polar surface area (TPSA) is 79.3 Å². The van der Waals surface area contributed by atoms with E-state index in [-0.39, 0.29) is 30.9 Å². The van der Waals surface area contributed by atoms with Gasteiger partial charge in [-0.3, -0.25) is 14.5 Å². The van der Waals surface area contributed by atoms with Crippen LogP contribution in [0, 0.1) is 11.7 Å². The van der Waals surface area contributed by atoms with Gasteiger partial charge in [0.25, 0.3) is 5.91 Å². The molecule has 46 heavy (non-hydrogen) atoms. The third-order valence-electron chi connectivity index (χ3n) is 7.62. The minimum absolute atomic E-state index is 0.119. The number of amides is 2. The average Bonchev–Trinajstić information content (AvgIpc) is 3.38. The Bertz CT molecular complexity index is 1700. The van der Waals surface area contributed by atoms with Gasteiger partial charge in [0.2, 0.25) is 5.91 Å². The maximum absolute atomic E-state index is 14.2. The van der Waals surface area contributed by atoms with Crippen LogP contribution in [-0.2, 0) is 17.5 Å². The van der Waals surface area contributed by atoms with E-state index in [0.29, 0.717) is 28.7 Å². The fourth-order valence-corrected chi connectivity index (χ4v) is 5.62. The van der Waals surface area contributed by atoms with Crippen LogP contribution in [0.2, 0.25) is 0 Å². The molecule has 2 atom stereocenters. The van der Waals surface area contributed by atoms with Crippen molar-refractivity contribution < 1.29 is 40.3 Å². The highest BCUT2D eigenvalue weighted by Gasteiger charge is 2.45. The molecule has 7 nitrogen and oxygen atoms in total. The summed E-state index contributed by atoms with van der Waals surface area (Å²) in [6, 6.07) is 17.7. The fourth-order valence-electron chi connectivity index (χ4n) is 5.62. The molecule has 2 N–H and O–H groups in total. The minimum Gasteiger partial charge on any atom is -0.351 e. The van der Waals surface area contributed by atoms with E-state index in [1.807, 2.05) is 0 Å². The minimum atomic E-state index is -4.68. The maximum atomic E-state index is 14.2. The van der Waals surface area contributed by atoms with Crippen LogP contribution >= 0.6 is 0 Å². The van der Waals surface area contributed by atoms with E-state index >= 15 is 0 Å². The van der Waals surface area contributed by atoms with E-state index in [0.717, 1.165) is 12.1 Å². The highest BCUT2D eigenvalue weighted by Crippen LogP contribution is 2.46. The van der Waals surface area contributed by atoms with Crippen molar-refractivity contribution in [1.29, 1.82) is 0 Å². The zero-order valence-corrected chi connectivity index (χ0v) is 24.3. The Balaban J connectivity index is 1.61. The van der Waals surface area contributed by atoms with Gasteiger partial charge in [-0.15, -0.1) is 0 Å². The number of fused-ring (bicyclic) bond motifs is 1. The molecule has 1 aliphatic rings. The maximum Gasteiger partial charge on any atom is 0.416 e. The third kappa shape index (κ3) is 6.91. The molecule has 0 saturated heterocycles. The second-order valence-corrected chi connectivity index (χ2v) is 10.7. The number of anilines is 1. The molecule has 242 valence electrons. The highest BCUT2D eigenvalue weighted by molar-refractivity contribution is 6.00. The van der Waals surface area contributed by atoms with Gasteiger partial charge < -0.3 is 10.6 Å². The summed E-state index contributed by atoms with van der Waals surface area (Å²) < 4.78 is 94.7. The number of hydrogen-bond donors (Lipinski definition) is 2. The molecule has 14 heteroatoms. The first-order chi connectivity index (χ1) is 21.8. The van der Waals surface area contributed by atoms with Crippen molar-refractivity contribution in [1.82, 2.24) is 20.4 Å². The summed E-state index contributed by atoms with van der Waals surface area (Å²) in [7, 11) is 0. The molecule has 5 rings (SSSR count). The van der Waals surface area contributed by atoms with Crippen molar-refractivity contribution >= 4 is 17.6 Å². The van der Waals surface area contributed by atoms with Crippen LogP contribution in [0.15, 0.2) is 78.9 Å². The summed E-state index contributed by atoms with van der Waals surface area (Å²) in [6.45, 7) is -0.184. The van der Waals surface area contributed by atoms with Crippen LogP contribution in [0.3, 0.4) is 0 Å². The molecule has 0 fully saturated rings. The highest BCUT2D eigenvalue weighted by atomic mass is 19.4. The van der Waals surface area contributed by atoms with Gasteiger partial charge in [-0.2, -0.15) is 31.4 Å². The van der Waals surface area contributed by atoms with Crippen molar-refractivity contribution in [2.75, 3.05) is 24.5 Å². The molecule has 2 heterocycles. The normalized spacial score (nSPS) is 16.8. The standard InChI is InChI=1S/C32H28F7N5O2/c1-2-43-29-27(25(17-40-18-31(34,35)36)42-44(29)23-9-4-3-5-10-23)26(19-11-13-22(33)14-12-19)24(30(43)46)16-41-28(45)20-7-6-8-21(15-20)32(37,38)39/h3-15,24,26,40H,2,16-18H2,1H3,(H,41,45)/t24-,26?/m0/s1. The lowest BCUT2D eigenvalue weighted by Gasteiger charge is -2.38. The SMILES string of the molecule is CCN1C(=O)[C@@H](CNC(=O)c2cccc(C(F)(F)F)c2)C(c2ccc(F)cc2)c2c(CNCC(F)(F)F)nn(-c3ccccc3)c21. The molecular formula is C32H28F7N5O2. The smallest absolute Gasteiger partial charge is 0.351 e. The molecule has 1 aromatic heterocycles. The van der Waals surface area contributed by atoms with Gasteiger partial charge in [0.15, 0.2) is 0 Å². The van der Waals surface area contributed by atoms with Crippen LogP contribution in [-0.4, -0.2) is 47.4 Å². The molecule has 0 aliphatic carbocycles. The number of nitrogens with one attached hydrogen (secondary N) is 2. The van der Waals surface area contributed by atoms with E-state index in [1.54, 1.807) is 37.3 Å². The number of aromatic nitrogens is 2. The predicted molar refractivity (Wildman–Crippen MR) is 155 cm³/mol. The number of halogens is 7. The molecule has 1 unspecified atom stereocenters. The summed E-state index contributed by atoms with van der Waals surface area (Å²) in [6.07, 6.45) is -9.20. The largest absolute Gasteiger partial charge is 0.416 e. The Morgan fingerprint density at radius 3 is 2.26 bits per heavy atom. The fraction of sp³-hybridized carbons (Fsp3) is 0.281. The van der Waals surface area contributed by atoms with Crippen LogP contribution in [0.5, 0.6) is 0 Å². The molecule has 2 amide bonds. The predicted octanol–water partition coefficient (Wildman–Crippen LogP) is 6.23. The Labute approximate surface area is 259 Å². The lowest BCUT2D eigenvalue weighted by Crippen LogP contribution is -2.48. The van der Waals surface area contributed by atoms with E-state index in [2.05, 4.69) is 15.7 Å². The second kappa shape index (κ2) is 12.9. The average molecular weight is 648 g/mol. The molecule has 0 radical (unpaired) electrons. The van der Waals surface area contributed by atoms with Crippen molar-refractivity contribution in [2.45, 2.75) is 31.7 Å². The number of carbonyl (C=O) groups excluding carboxylic acids is 2. The first-order valence-electron chi connectivity index (χ1n) is 14.3. The van der Waals surface area contributed by atoms with Crippen LogP contribution < -0.4 is 15.5 Å². The summed E-state index contributed by atoms with van der Waals surface area (Å²) in [5.41, 5.74) is 0.237. The van der Waals surface area contributed by atoms with Gasteiger partial charge in [0.1, 0.15) is 11.6 Å². The van der Waals surface area contributed by atoms with Crippen LogP contribution in [0.25, 0.3) is 5.69 Å². The van der Waals surface area contributed by atoms with Gasteiger partial charge in [0, 0.05) is 36.7 Å². The first kappa shape index (κ1) is 32.7. The molecule has 3 aromatic carbocycles. The number of carbonyl (C=O) groups is 2. The van der Waals surface area contributed by atoms with Gasteiger partial charge >= 0.3 is 12.4 Å². The summed E-state index contributed by atoms with van der Waals surface area (Å²) >= 11 is 0. The lowest BCUT2D eigenvalue weighted by atomic mass is 9.76. The van der Waals surface area contributed by atoms with E-state index in [9.17, 15) is 40.3 Å². The third-order valence-corrected chi connectivity index (χ3v) is 7.62. The summed E-state index contributed by atoms with van der Waals surface area (Å²) in [4.78, 5) is 28.7. The van der Waals surface area contributed by atoms with Gasteiger partial charge in [-0.05, 0) is 55.0 Å². The zero-order chi connectivity index (χ0) is 33.2. The van der Waals surface area contributed by atoms with Crippen LogP contribution in [0.1, 0.15) is 45.6 Å². The zero-order valence-electron chi connectivity index (χ0n) is 24.3. The molecule has 0 bridgehead atoms. The van der Waals surface area contributed by atoms with Gasteiger partial charge in [-0.1, -0.05) is 36.4 Å². The van der Waals surface area contributed by atoms with E-state index < -0.39 is 53.9 Å². The quantitative estimate of drug-likeness (QED) is 0.211. The van der Waals surface area contributed by atoms with Crippen molar-refractivity contribution in [3.63, 3.8) is 0 Å². The summed E-state index contributed by atoms with van der Waals surface area (Å²) in [5, 5.41) is 9.57. The number of hydrogen-bond acceptors (Lipinski definition) is 4. The van der Waals surface area contributed by atoms with E-state index in [4.69, 9.17) is 0 Å². The Hall–Kier alpha value is -4.72. The number of alkyl halides is 6. The monoisotopic (exact) mass is 647 g/mol. The Morgan fingerprint density at radius 1 is 0.935 bits per heavy atom. The second-order valence-electron chi connectivity index (χ2n) is 10.7. The molecule has 0 saturated carbocycles. The number of nitrogens with zero attached hydrogens (tertiary/aromatic N) is 3. The van der Waals surface area contributed by atoms with E-state index in [1.165, 1.54) is 39.9 Å². The Morgan fingerprint density at radius 2 is 1.63 bits per heavy atom. The first-order valence-corrected chi connectivity index (χ1v) is 14.3. The summed E-state index contributed by atoms with van der Waals surface area (Å²) in [5.74, 6) is -3.60.